The zero-order chi connectivity index (χ0) is 20.1. The molecular weight excluding hydrogens is 360 g/mol. The summed E-state index contributed by atoms with van der Waals surface area (Å²) in [5.41, 5.74) is 1.14. The van der Waals surface area contributed by atoms with E-state index >= 15 is 0 Å². The molecule has 7 heteroatoms. The van der Waals surface area contributed by atoms with Gasteiger partial charge in [0.2, 0.25) is 5.91 Å². The maximum atomic E-state index is 12.3. The molecule has 0 aliphatic carbocycles. The van der Waals surface area contributed by atoms with Gasteiger partial charge in [0.1, 0.15) is 11.3 Å². The lowest BCUT2D eigenvalue weighted by Crippen LogP contribution is -2.37. The summed E-state index contributed by atoms with van der Waals surface area (Å²) in [4.78, 5) is 24.5. The molecule has 28 heavy (non-hydrogen) atoms. The van der Waals surface area contributed by atoms with Crippen LogP contribution in [-0.2, 0) is 4.79 Å². The van der Waals surface area contributed by atoms with Crippen molar-refractivity contribution in [1.82, 2.24) is 10.6 Å². The van der Waals surface area contributed by atoms with E-state index < -0.39 is 0 Å². The fourth-order valence-corrected chi connectivity index (χ4v) is 2.82. The van der Waals surface area contributed by atoms with E-state index in [1.54, 1.807) is 18.2 Å². The van der Waals surface area contributed by atoms with E-state index in [1.165, 1.54) is 14.2 Å². The Morgan fingerprint density at radius 2 is 1.79 bits per heavy atom. The zero-order valence-electron chi connectivity index (χ0n) is 15.9. The number of nitrogens with one attached hydrogen (secondary N) is 2. The smallest absolute Gasteiger partial charge is 0.251 e. The summed E-state index contributed by atoms with van der Waals surface area (Å²) in [6.07, 6.45) is 0. The topological polar surface area (TPSA) is 89.8 Å². The largest absolute Gasteiger partial charge is 0.493 e. The predicted molar refractivity (Wildman–Crippen MR) is 105 cm³/mol. The molecule has 3 aromatic rings. The number of methoxy groups -OCH3 is 2. The number of carbonyl (C=O) groups excluding carboxylic acids is 2. The SMILES string of the molecule is COc1ccc(C(=O)NCC(=O)NC(C)c2cc3ccccc3o2)cc1OC. The van der Waals surface area contributed by atoms with Crippen LogP contribution in [0, 0.1) is 0 Å². The molecule has 2 aromatic carbocycles. The van der Waals surface area contributed by atoms with Gasteiger partial charge in [-0.05, 0) is 37.3 Å². The number of carbonyl (C=O) groups is 2. The van der Waals surface area contributed by atoms with Crippen molar-refractivity contribution in [2.24, 2.45) is 0 Å². The summed E-state index contributed by atoms with van der Waals surface area (Å²) in [6.45, 7) is 1.67. The molecule has 1 aromatic heterocycles. The van der Waals surface area contributed by atoms with Crippen LogP contribution >= 0.6 is 0 Å². The first-order valence-corrected chi connectivity index (χ1v) is 8.80. The Morgan fingerprint density at radius 3 is 2.50 bits per heavy atom. The molecule has 1 unspecified atom stereocenters. The fraction of sp³-hybridized carbons (Fsp3) is 0.238. The molecule has 146 valence electrons. The van der Waals surface area contributed by atoms with Crippen LogP contribution in [0.2, 0.25) is 0 Å². The van der Waals surface area contributed by atoms with Gasteiger partial charge in [0, 0.05) is 10.9 Å². The highest BCUT2D eigenvalue weighted by Crippen LogP contribution is 2.27. The van der Waals surface area contributed by atoms with E-state index in [2.05, 4.69) is 10.6 Å². The molecule has 0 saturated carbocycles. The monoisotopic (exact) mass is 382 g/mol. The van der Waals surface area contributed by atoms with E-state index in [0.29, 0.717) is 22.8 Å². The van der Waals surface area contributed by atoms with Crippen LogP contribution in [-0.4, -0.2) is 32.6 Å². The Balaban J connectivity index is 1.56. The minimum atomic E-state index is -0.382. The molecule has 0 radical (unpaired) electrons. The van der Waals surface area contributed by atoms with Crippen LogP contribution in [0.15, 0.2) is 52.9 Å². The van der Waals surface area contributed by atoms with Gasteiger partial charge in [-0.3, -0.25) is 9.59 Å². The van der Waals surface area contributed by atoms with Crippen molar-refractivity contribution >= 4 is 22.8 Å². The van der Waals surface area contributed by atoms with Crippen molar-refractivity contribution in [2.45, 2.75) is 13.0 Å². The number of hydrogen-bond donors (Lipinski definition) is 2. The number of furan rings is 1. The van der Waals surface area contributed by atoms with Crippen molar-refractivity contribution in [3.05, 3.63) is 59.9 Å². The highest BCUT2D eigenvalue weighted by atomic mass is 16.5. The minimum absolute atomic E-state index is 0.155. The quantitative estimate of drug-likeness (QED) is 0.656. The van der Waals surface area contributed by atoms with E-state index in [4.69, 9.17) is 13.9 Å². The number of para-hydroxylation sites is 1. The maximum absolute atomic E-state index is 12.3. The molecule has 7 nitrogen and oxygen atoms in total. The standard InChI is InChI=1S/C21H22N2O5/c1-13(18-10-14-6-4-5-7-16(14)28-18)23-20(24)12-22-21(25)15-8-9-17(26-2)19(11-15)27-3/h4-11,13H,12H2,1-3H3,(H,22,25)(H,23,24). The van der Waals surface area contributed by atoms with Crippen molar-refractivity contribution in [3.63, 3.8) is 0 Å². The Hall–Kier alpha value is -3.48. The molecule has 0 aliphatic heterocycles. The van der Waals surface area contributed by atoms with E-state index in [1.807, 2.05) is 37.3 Å². The Kier molecular flexibility index (Phi) is 5.84. The van der Waals surface area contributed by atoms with Gasteiger partial charge in [-0.2, -0.15) is 0 Å². The molecule has 0 bridgehead atoms. The van der Waals surface area contributed by atoms with Crippen LogP contribution < -0.4 is 20.1 Å². The highest BCUT2D eigenvalue weighted by Gasteiger charge is 2.16. The van der Waals surface area contributed by atoms with Crippen LogP contribution in [0.5, 0.6) is 11.5 Å². The van der Waals surface area contributed by atoms with Crippen LogP contribution in [0.4, 0.5) is 0 Å². The summed E-state index contributed by atoms with van der Waals surface area (Å²) in [7, 11) is 3.01. The van der Waals surface area contributed by atoms with Crippen LogP contribution in [0.25, 0.3) is 11.0 Å². The molecule has 1 heterocycles. The predicted octanol–water partition coefficient (Wildman–Crippen LogP) is 3.06. The van der Waals surface area contributed by atoms with Crippen molar-refractivity contribution < 1.29 is 23.5 Å². The van der Waals surface area contributed by atoms with Gasteiger partial charge in [-0.15, -0.1) is 0 Å². The molecule has 0 spiro atoms. The van der Waals surface area contributed by atoms with Gasteiger partial charge in [0.25, 0.3) is 5.91 Å². The summed E-state index contributed by atoms with van der Waals surface area (Å²) < 4.78 is 16.1. The van der Waals surface area contributed by atoms with Crippen molar-refractivity contribution in [1.29, 1.82) is 0 Å². The number of amides is 2. The molecule has 0 aliphatic rings. The molecular formula is C21H22N2O5. The first-order valence-electron chi connectivity index (χ1n) is 8.80. The lowest BCUT2D eigenvalue weighted by molar-refractivity contribution is -0.120. The molecule has 3 rings (SSSR count). The van der Waals surface area contributed by atoms with Gasteiger partial charge >= 0.3 is 0 Å². The summed E-state index contributed by atoms with van der Waals surface area (Å²) >= 11 is 0. The lowest BCUT2D eigenvalue weighted by atomic mass is 10.2. The first-order chi connectivity index (χ1) is 13.5. The molecule has 1 atom stereocenters. The third-order valence-electron chi connectivity index (χ3n) is 4.30. The second-order valence-electron chi connectivity index (χ2n) is 6.23. The molecule has 2 N–H and O–H groups in total. The van der Waals surface area contributed by atoms with Crippen molar-refractivity contribution in [3.8, 4) is 11.5 Å². The maximum Gasteiger partial charge on any atom is 0.251 e. The average molecular weight is 382 g/mol. The fourth-order valence-electron chi connectivity index (χ4n) is 2.82. The van der Waals surface area contributed by atoms with Crippen molar-refractivity contribution in [2.75, 3.05) is 20.8 Å². The highest BCUT2D eigenvalue weighted by molar-refractivity contribution is 5.97. The summed E-state index contributed by atoms with van der Waals surface area (Å²) in [6, 6.07) is 14.0. The molecule has 0 fully saturated rings. The number of benzene rings is 2. The Morgan fingerprint density at radius 1 is 1.04 bits per heavy atom. The second kappa shape index (κ2) is 8.47. The van der Waals surface area contributed by atoms with Gasteiger partial charge in [0.15, 0.2) is 11.5 Å². The molecule has 2 amide bonds. The summed E-state index contributed by atoms with van der Waals surface area (Å²) in [5.74, 6) is 0.921. The number of hydrogen-bond acceptors (Lipinski definition) is 5. The van der Waals surface area contributed by atoms with Crippen LogP contribution in [0.3, 0.4) is 0 Å². The lowest BCUT2D eigenvalue weighted by Gasteiger charge is -2.12. The Bertz CT molecular complexity index is 962. The van der Waals surface area contributed by atoms with Gasteiger partial charge in [-0.1, -0.05) is 18.2 Å². The third-order valence-corrected chi connectivity index (χ3v) is 4.30. The normalized spacial score (nSPS) is 11.7. The number of rotatable bonds is 7. The number of ether oxygens (including phenoxy) is 2. The average Bonchev–Trinajstić information content (AvgIpc) is 3.16. The zero-order valence-corrected chi connectivity index (χ0v) is 15.9. The summed E-state index contributed by atoms with van der Waals surface area (Å²) in [5, 5.41) is 6.38. The van der Waals surface area contributed by atoms with E-state index in [-0.39, 0.29) is 24.4 Å². The third kappa shape index (κ3) is 4.25. The Labute approximate surface area is 162 Å². The first kappa shape index (κ1) is 19.3. The number of fused-ring (bicyclic) bond motifs is 1. The van der Waals surface area contributed by atoms with E-state index in [0.717, 1.165) is 11.0 Å². The van der Waals surface area contributed by atoms with Crippen LogP contribution in [0.1, 0.15) is 29.1 Å². The van der Waals surface area contributed by atoms with Gasteiger partial charge in [0.05, 0.1) is 26.8 Å². The minimum Gasteiger partial charge on any atom is -0.493 e. The van der Waals surface area contributed by atoms with Gasteiger partial charge in [-0.25, -0.2) is 0 Å². The van der Waals surface area contributed by atoms with Gasteiger partial charge < -0.3 is 24.5 Å². The molecule has 0 saturated heterocycles. The van der Waals surface area contributed by atoms with E-state index in [9.17, 15) is 9.59 Å². The second-order valence-corrected chi connectivity index (χ2v) is 6.23.